The number of hydrogen-bond acceptors (Lipinski definition) is 2. The van der Waals surface area contributed by atoms with Crippen molar-refractivity contribution >= 4 is 29.1 Å². The van der Waals surface area contributed by atoms with Crippen molar-refractivity contribution in [3.8, 4) is 0 Å². The fraction of sp³-hybridized carbons (Fsp3) is 0.381. The predicted octanol–water partition coefficient (Wildman–Crippen LogP) is 5.43. The molecule has 1 aliphatic heterocycles. The summed E-state index contributed by atoms with van der Waals surface area (Å²) in [5.74, 6) is 0.641. The molecule has 0 N–H and O–H groups in total. The van der Waals surface area contributed by atoms with E-state index in [-0.39, 0.29) is 24.7 Å². The standard InChI is InChI=1S/C21H21Cl2NO2/c22-17-9-7-15(8-10-17)20-21(16-5-2-6-18(23)11-16)26-13-19(25)24(20)12-14-3-1-4-14/h2,5-11,14,20-21H,1,3-4,12-13H2. The Labute approximate surface area is 163 Å². The van der Waals surface area contributed by atoms with E-state index in [0.29, 0.717) is 16.0 Å². The molecule has 2 unspecified atom stereocenters. The second kappa shape index (κ2) is 7.59. The van der Waals surface area contributed by atoms with Crippen LogP contribution in [0.4, 0.5) is 0 Å². The van der Waals surface area contributed by atoms with E-state index in [9.17, 15) is 4.79 Å². The third kappa shape index (κ3) is 3.62. The molecule has 1 amide bonds. The molecule has 1 aliphatic carbocycles. The van der Waals surface area contributed by atoms with Gasteiger partial charge >= 0.3 is 0 Å². The van der Waals surface area contributed by atoms with Gasteiger partial charge in [0.05, 0.1) is 6.04 Å². The van der Waals surface area contributed by atoms with E-state index in [1.165, 1.54) is 19.3 Å². The van der Waals surface area contributed by atoms with Crippen LogP contribution >= 0.6 is 23.2 Å². The lowest BCUT2D eigenvalue weighted by atomic mass is 9.83. The molecule has 136 valence electrons. The lowest BCUT2D eigenvalue weighted by molar-refractivity contribution is -0.160. The Morgan fingerprint density at radius 2 is 1.77 bits per heavy atom. The monoisotopic (exact) mass is 389 g/mol. The van der Waals surface area contributed by atoms with Crippen molar-refractivity contribution in [2.45, 2.75) is 31.4 Å². The van der Waals surface area contributed by atoms with Crippen LogP contribution in [0.2, 0.25) is 10.0 Å². The second-order valence-electron chi connectivity index (χ2n) is 7.13. The summed E-state index contributed by atoms with van der Waals surface area (Å²) in [7, 11) is 0. The number of morpholine rings is 1. The molecule has 1 saturated heterocycles. The fourth-order valence-corrected chi connectivity index (χ4v) is 4.12. The molecule has 0 aromatic heterocycles. The highest BCUT2D eigenvalue weighted by Crippen LogP contribution is 2.42. The van der Waals surface area contributed by atoms with Gasteiger partial charge in [-0.15, -0.1) is 0 Å². The van der Waals surface area contributed by atoms with Crippen LogP contribution in [0.1, 0.15) is 42.5 Å². The van der Waals surface area contributed by atoms with E-state index in [1.54, 1.807) is 0 Å². The van der Waals surface area contributed by atoms with E-state index in [4.69, 9.17) is 27.9 Å². The average molecular weight is 390 g/mol. The van der Waals surface area contributed by atoms with Gasteiger partial charge in [-0.1, -0.05) is 53.9 Å². The summed E-state index contributed by atoms with van der Waals surface area (Å²) in [5, 5.41) is 1.35. The summed E-state index contributed by atoms with van der Waals surface area (Å²) in [4.78, 5) is 14.7. The molecule has 4 rings (SSSR count). The highest BCUT2D eigenvalue weighted by atomic mass is 35.5. The minimum absolute atomic E-state index is 0.0510. The topological polar surface area (TPSA) is 29.5 Å². The van der Waals surface area contributed by atoms with Gasteiger partial charge in [0.2, 0.25) is 5.91 Å². The SMILES string of the molecule is O=C1COC(c2cccc(Cl)c2)C(c2ccc(Cl)cc2)N1CC1CCC1. The molecule has 0 spiro atoms. The van der Waals surface area contributed by atoms with Gasteiger partial charge < -0.3 is 9.64 Å². The molecule has 2 aromatic carbocycles. The van der Waals surface area contributed by atoms with Crippen LogP contribution in [0.15, 0.2) is 48.5 Å². The highest BCUT2D eigenvalue weighted by Gasteiger charge is 2.40. The van der Waals surface area contributed by atoms with E-state index in [2.05, 4.69) is 0 Å². The Morgan fingerprint density at radius 1 is 1.00 bits per heavy atom. The Bertz CT molecular complexity index is 789. The summed E-state index contributed by atoms with van der Waals surface area (Å²) >= 11 is 12.3. The second-order valence-corrected chi connectivity index (χ2v) is 8.00. The smallest absolute Gasteiger partial charge is 0.249 e. The molecular weight excluding hydrogens is 369 g/mol. The maximum Gasteiger partial charge on any atom is 0.249 e. The summed E-state index contributed by atoms with van der Waals surface area (Å²) in [6.07, 6.45) is 3.40. The van der Waals surface area contributed by atoms with Gasteiger partial charge in [0, 0.05) is 16.6 Å². The zero-order valence-electron chi connectivity index (χ0n) is 14.4. The minimum Gasteiger partial charge on any atom is -0.361 e. The van der Waals surface area contributed by atoms with Crippen molar-refractivity contribution in [3.05, 3.63) is 69.7 Å². The van der Waals surface area contributed by atoms with E-state index >= 15 is 0 Å². The minimum atomic E-state index is -0.243. The van der Waals surface area contributed by atoms with Gasteiger partial charge in [-0.2, -0.15) is 0 Å². The van der Waals surface area contributed by atoms with Crippen LogP contribution in [0.25, 0.3) is 0 Å². The zero-order chi connectivity index (χ0) is 18.1. The fourth-order valence-electron chi connectivity index (χ4n) is 3.80. The van der Waals surface area contributed by atoms with Crippen LogP contribution in [-0.4, -0.2) is 24.0 Å². The van der Waals surface area contributed by atoms with Crippen molar-refractivity contribution in [1.82, 2.24) is 4.90 Å². The number of halogens is 2. The summed E-state index contributed by atoms with van der Waals surface area (Å²) in [6, 6.07) is 15.2. The molecule has 2 atom stereocenters. The van der Waals surface area contributed by atoms with Crippen LogP contribution in [0, 0.1) is 5.92 Å². The number of nitrogens with zero attached hydrogens (tertiary/aromatic N) is 1. The van der Waals surface area contributed by atoms with Crippen molar-refractivity contribution in [3.63, 3.8) is 0 Å². The Balaban J connectivity index is 1.73. The van der Waals surface area contributed by atoms with Crippen molar-refractivity contribution in [2.24, 2.45) is 5.92 Å². The maximum absolute atomic E-state index is 12.7. The molecule has 2 aromatic rings. The third-order valence-corrected chi connectivity index (χ3v) is 5.88. The number of carbonyl (C=O) groups excluding carboxylic acids is 1. The Hall–Kier alpha value is -1.55. The zero-order valence-corrected chi connectivity index (χ0v) is 15.9. The molecule has 1 heterocycles. The lowest BCUT2D eigenvalue weighted by Gasteiger charge is -2.44. The molecule has 0 radical (unpaired) electrons. The van der Waals surface area contributed by atoms with Gasteiger partial charge in [0.15, 0.2) is 0 Å². The van der Waals surface area contributed by atoms with Crippen LogP contribution in [-0.2, 0) is 9.53 Å². The molecule has 5 heteroatoms. The number of rotatable bonds is 4. The number of hydrogen-bond donors (Lipinski definition) is 0. The molecule has 26 heavy (non-hydrogen) atoms. The summed E-state index contributed by atoms with van der Waals surface area (Å²) in [5.41, 5.74) is 2.02. The molecular formula is C21H21Cl2NO2. The van der Waals surface area contributed by atoms with Gasteiger partial charge in [-0.25, -0.2) is 0 Å². The maximum atomic E-state index is 12.7. The quantitative estimate of drug-likeness (QED) is 0.696. The van der Waals surface area contributed by atoms with Crippen molar-refractivity contribution in [1.29, 1.82) is 0 Å². The van der Waals surface area contributed by atoms with Crippen LogP contribution in [0.3, 0.4) is 0 Å². The molecule has 2 fully saturated rings. The van der Waals surface area contributed by atoms with Crippen LogP contribution < -0.4 is 0 Å². The van der Waals surface area contributed by atoms with E-state index in [1.807, 2.05) is 53.4 Å². The first-order valence-electron chi connectivity index (χ1n) is 9.04. The first kappa shape index (κ1) is 17.8. The Morgan fingerprint density at radius 3 is 2.42 bits per heavy atom. The van der Waals surface area contributed by atoms with Gasteiger partial charge in [-0.05, 0) is 54.2 Å². The Kier molecular flexibility index (Phi) is 5.21. The normalized spacial score (nSPS) is 23.8. The number of benzene rings is 2. The largest absolute Gasteiger partial charge is 0.361 e. The average Bonchev–Trinajstić information content (AvgIpc) is 2.59. The summed E-state index contributed by atoms with van der Waals surface area (Å²) < 4.78 is 6.01. The number of amides is 1. The van der Waals surface area contributed by atoms with Crippen molar-refractivity contribution < 1.29 is 9.53 Å². The van der Waals surface area contributed by atoms with Crippen molar-refractivity contribution in [2.75, 3.05) is 13.2 Å². The molecule has 2 aliphatic rings. The number of ether oxygens (including phenoxy) is 1. The van der Waals surface area contributed by atoms with Gasteiger partial charge in [0.25, 0.3) is 0 Å². The van der Waals surface area contributed by atoms with Crippen LogP contribution in [0.5, 0.6) is 0 Å². The van der Waals surface area contributed by atoms with Gasteiger partial charge in [0.1, 0.15) is 12.7 Å². The first-order valence-corrected chi connectivity index (χ1v) is 9.79. The molecule has 3 nitrogen and oxygen atoms in total. The number of carbonyl (C=O) groups is 1. The molecule has 0 bridgehead atoms. The highest BCUT2D eigenvalue weighted by molar-refractivity contribution is 6.30. The predicted molar refractivity (Wildman–Crippen MR) is 103 cm³/mol. The summed E-state index contributed by atoms with van der Waals surface area (Å²) in [6.45, 7) is 0.889. The van der Waals surface area contributed by atoms with Gasteiger partial charge in [-0.3, -0.25) is 4.79 Å². The molecule has 1 saturated carbocycles. The van der Waals surface area contributed by atoms with E-state index < -0.39 is 0 Å². The third-order valence-electron chi connectivity index (χ3n) is 5.40. The van der Waals surface area contributed by atoms with E-state index in [0.717, 1.165) is 17.7 Å². The first-order chi connectivity index (χ1) is 12.6. The lowest BCUT2D eigenvalue weighted by Crippen LogP contribution is -2.48.